The molecular formula is C13H25N3O2. The summed E-state index contributed by atoms with van der Waals surface area (Å²) in [6.45, 7) is 3.01. The molecule has 104 valence electrons. The van der Waals surface area contributed by atoms with Gasteiger partial charge in [0.25, 0.3) is 0 Å². The summed E-state index contributed by atoms with van der Waals surface area (Å²) in [6, 6.07) is 0. The molecule has 0 spiro atoms. The molecule has 0 aliphatic carbocycles. The predicted octanol–water partition coefficient (Wildman–Crippen LogP) is 0.457. The lowest BCUT2D eigenvalue weighted by Crippen LogP contribution is -2.38. The fraction of sp³-hybridized carbons (Fsp3) is 0.846. The number of rotatable bonds is 5. The molecule has 0 saturated carbocycles. The van der Waals surface area contributed by atoms with E-state index in [9.17, 15) is 9.59 Å². The second-order valence-corrected chi connectivity index (χ2v) is 5.13. The van der Waals surface area contributed by atoms with Crippen LogP contribution in [0.15, 0.2) is 0 Å². The zero-order chi connectivity index (χ0) is 13.4. The highest BCUT2D eigenvalue weighted by atomic mass is 16.2. The summed E-state index contributed by atoms with van der Waals surface area (Å²) < 4.78 is 0. The van der Waals surface area contributed by atoms with E-state index in [2.05, 4.69) is 5.32 Å². The van der Waals surface area contributed by atoms with E-state index in [1.165, 1.54) is 12.8 Å². The number of nitrogens with zero attached hydrogens (tertiary/aromatic N) is 2. The molecule has 1 aliphatic rings. The molecule has 0 atom stereocenters. The van der Waals surface area contributed by atoms with Gasteiger partial charge in [-0.3, -0.25) is 9.59 Å². The van der Waals surface area contributed by atoms with Gasteiger partial charge >= 0.3 is 0 Å². The number of amides is 2. The third-order valence-corrected chi connectivity index (χ3v) is 3.15. The Morgan fingerprint density at radius 2 is 1.72 bits per heavy atom. The quantitative estimate of drug-likeness (QED) is 0.726. The molecule has 5 heteroatoms. The lowest BCUT2D eigenvalue weighted by Gasteiger charge is -2.20. The van der Waals surface area contributed by atoms with E-state index < -0.39 is 0 Å². The average molecular weight is 255 g/mol. The van der Waals surface area contributed by atoms with Gasteiger partial charge in [0.05, 0.1) is 0 Å². The van der Waals surface area contributed by atoms with Gasteiger partial charge in [-0.1, -0.05) is 12.8 Å². The van der Waals surface area contributed by atoms with Gasteiger partial charge in [-0.05, 0) is 26.9 Å². The van der Waals surface area contributed by atoms with Crippen LogP contribution in [0.3, 0.4) is 0 Å². The van der Waals surface area contributed by atoms with Crippen LogP contribution < -0.4 is 5.32 Å². The van der Waals surface area contributed by atoms with Gasteiger partial charge in [0.15, 0.2) is 0 Å². The van der Waals surface area contributed by atoms with Crippen molar-refractivity contribution in [2.45, 2.75) is 32.1 Å². The van der Waals surface area contributed by atoms with Gasteiger partial charge in [-0.2, -0.15) is 0 Å². The van der Waals surface area contributed by atoms with Crippen LogP contribution in [-0.4, -0.2) is 61.9 Å². The van der Waals surface area contributed by atoms with Gasteiger partial charge in [0.1, 0.15) is 6.42 Å². The fourth-order valence-corrected chi connectivity index (χ4v) is 2.05. The van der Waals surface area contributed by atoms with Crippen LogP contribution in [0.25, 0.3) is 0 Å². The fourth-order valence-electron chi connectivity index (χ4n) is 2.05. The molecule has 18 heavy (non-hydrogen) atoms. The van der Waals surface area contributed by atoms with E-state index in [1.54, 1.807) is 0 Å². The van der Waals surface area contributed by atoms with E-state index in [4.69, 9.17) is 0 Å². The maximum absolute atomic E-state index is 11.9. The normalized spacial score (nSPS) is 16.5. The Balaban J connectivity index is 2.23. The number of likely N-dealkylation sites (N-methyl/N-ethyl adjacent to an activating group) is 1. The summed E-state index contributed by atoms with van der Waals surface area (Å²) >= 11 is 0. The molecule has 0 bridgehead atoms. The van der Waals surface area contributed by atoms with Crippen molar-refractivity contribution >= 4 is 11.8 Å². The largest absolute Gasteiger partial charge is 0.354 e. The summed E-state index contributed by atoms with van der Waals surface area (Å²) in [6.07, 6.45) is 4.51. The van der Waals surface area contributed by atoms with E-state index >= 15 is 0 Å². The minimum absolute atomic E-state index is 0.00652. The molecule has 1 saturated heterocycles. The van der Waals surface area contributed by atoms with Crippen LogP contribution in [-0.2, 0) is 9.59 Å². The summed E-state index contributed by atoms with van der Waals surface area (Å²) in [5.74, 6) is -0.189. The van der Waals surface area contributed by atoms with Crippen LogP contribution in [0.4, 0.5) is 0 Å². The third kappa shape index (κ3) is 6.00. The van der Waals surface area contributed by atoms with Crippen molar-refractivity contribution in [2.75, 3.05) is 40.3 Å². The smallest absolute Gasteiger partial charge is 0.232 e. The number of carbonyl (C=O) groups is 2. The second kappa shape index (κ2) is 8.08. The first kappa shape index (κ1) is 15.0. The van der Waals surface area contributed by atoms with Crippen molar-refractivity contribution in [2.24, 2.45) is 0 Å². The number of hydrogen-bond acceptors (Lipinski definition) is 3. The molecule has 0 unspecified atom stereocenters. The maximum Gasteiger partial charge on any atom is 0.232 e. The maximum atomic E-state index is 11.9. The molecule has 0 aromatic heterocycles. The van der Waals surface area contributed by atoms with E-state index in [-0.39, 0.29) is 18.2 Å². The minimum Gasteiger partial charge on any atom is -0.354 e. The highest BCUT2D eigenvalue weighted by Crippen LogP contribution is 2.10. The molecule has 1 N–H and O–H groups in total. The zero-order valence-electron chi connectivity index (χ0n) is 11.6. The number of nitrogens with one attached hydrogen (secondary N) is 1. The lowest BCUT2D eigenvalue weighted by atomic mass is 10.2. The Bertz CT molecular complexity index is 271. The summed E-state index contributed by atoms with van der Waals surface area (Å²) in [7, 11) is 3.91. The standard InChI is InChI=1S/C13H25N3O2/c1-15(2)10-7-14-12(17)11-13(18)16-8-5-3-4-6-9-16/h3-11H2,1-2H3,(H,14,17). The van der Waals surface area contributed by atoms with Crippen molar-refractivity contribution < 1.29 is 9.59 Å². The molecule has 5 nitrogen and oxygen atoms in total. The van der Waals surface area contributed by atoms with Gasteiger partial charge in [0.2, 0.25) is 11.8 Å². The first-order chi connectivity index (χ1) is 8.59. The summed E-state index contributed by atoms with van der Waals surface area (Å²) in [5, 5.41) is 2.77. The molecular weight excluding hydrogens is 230 g/mol. The van der Waals surface area contributed by atoms with Crippen LogP contribution in [0.2, 0.25) is 0 Å². The van der Waals surface area contributed by atoms with Gasteiger partial charge < -0.3 is 15.1 Å². The Morgan fingerprint density at radius 3 is 2.28 bits per heavy atom. The summed E-state index contributed by atoms with van der Waals surface area (Å²) in [4.78, 5) is 27.3. The second-order valence-electron chi connectivity index (χ2n) is 5.13. The molecule has 1 aliphatic heterocycles. The third-order valence-electron chi connectivity index (χ3n) is 3.15. The topological polar surface area (TPSA) is 52.7 Å². The van der Waals surface area contributed by atoms with Gasteiger partial charge in [-0.15, -0.1) is 0 Å². The van der Waals surface area contributed by atoms with Crippen molar-refractivity contribution in [1.29, 1.82) is 0 Å². The van der Waals surface area contributed by atoms with Gasteiger partial charge in [0, 0.05) is 26.2 Å². The lowest BCUT2D eigenvalue weighted by molar-refractivity contribution is -0.136. The molecule has 0 aromatic carbocycles. The number of carbonyl (C=O) groups excluding carboxylic acids is 2. The molecule has 0 aromatic rings. The van der Waals surface area contributed by atoms with Crippen molar-refractivity contribution in [3.8, 4) is 0 Å². The SMILES string of the molecule is CN(C)CCNC(=O)CC(=O)N1CCCCCC1. The number of hydrogen-bond donors (Lipinski definition) is 1. The molecule has 1 rings (SSSR count). The zero-order valence-corrected chi connectivity index (χ0v) is 11.6. The molecule has 1 fully saturated rings. The van der Waals surface area contributed by atoms with E-state index in [1.807, 2.05) is 23.9 Å². The van der Waals surface area contributed by atoms with Crippen molar-refractivity contribution in [1.82, 2.24) is 15.1 Å². The molecule has 0 radical (unpaired) electrons. The molecule has 1 heterocycles. The Kier molecular flexibility index (Phi) is 6.72. The Labute approximate surface area is 110 Å². The van der Waals surface area contributed by atoms with Crippen LogP contribution in [0.1, 0.15) is 32.1 Å². The monoisotopic (exact) mass is 255 g/mol. The van der Waals surface area contributed by atoms with Crippen molar-refractivity contribution in [3.05, 3.63) is 0 Å². The van der Waals surface area contributed by atoms with Crippen LogP contribution in [0, 0.1) is 0 Å². The van der Waals surface area contributed by atoms with Gasteiger partial charge in [-0.25, -0.2) is 0 Å². The highest BCUT2D eigenvalue weighted by Gasteiger charge is 2.18. The van der Waals surface area contributed by atoms with Crippen molar-refractivity contribution in [3.63, 3.8) is 0 Å². The highest BCUT2D eigenvalue weighted by molar-refractivity contribution is 5.96. The summed E-state index contributed by atoms with van der Waals surface area (Å²) in [5.41, 5.74) is 0. The van der Waals surface area contributed by atoms with Crippen LogP contribution in [0.5, 0.6) is 0 Å². The van der Waals surface area contributed by atoms with E-state index in [0.29, 0.717) is 6.54 Å². The minimum atomic E-state index is -0.161. The molecule has 2 amide bonds. The first-order valence-electron chi connectivity index (χ1n) is 6.79. The Morgan fingerprint density at radius 1 is 1.11 bits per heavy atom. The first-order valence-corrected chi connectivity index (χ1v) is 6.79. The van der Waals surface area contributed by atoms with E-state index in [0.717, 1.165) is 32.5 Å². The number of likely N-dealkylation sites (tertiary alicyclic amines) is 1. The average Bonchev–Trinajstić information content (AvgIpc) is 2.56. The predicted molar refractivity (Wildman–Crippen MR) is 71.2 cm³/mol. The van der Waals surface area contributed by atoms with Crippen LogP contribution >= 0.6 is 0 Å². The Hall–Kier alpha value is -1.10.